The van der Waals surface area contributed by atoms with Crippen LogP contribution in [0.25, 0.3) is 0 Å². The standard InChI is InChI=1S/C23H30ClN3O4/c24-19-5-4-17(12-20(19)28)14-26-8-10-27(11-9-26)16-22-23(30)21(29)13-18(31-22)15-25-6-2-1-3-7-25/h4-5,12-13,28,30H,1-3,6-11,14-16H2. The minimum atomic E-state index is -0.366. The molecule has 0 radical (unpaired) electrons. The first-order valence-electron chi connectivity index (χ1n) is 11.0. The van der Waals surface area contributed by atoms with E-state index in [1.807, 2.05) is 6.07 Å². The van der Waals surface area contributed by atoms with Crippen LogP contribution in [0.4, 0.5) is 0 Å². The monoisotopic (exact) mass is 447 g/mol. The van der Waals surface area contributed by atoms with E-state index in [1.165, 1.54) is 25.3 Å². The summed E-state index contributed by atoms with van der Waals surface area (Å²) in [6, 6.07) is 6.77. The molecule has 2 aliphatic rings. The number of phenolic OH excluding ortho intramolecular Hbond substituents is 1. The maximum Gasteiger partial charge on any atom is 0.227 e. The van der Waals surface area contributed by atoms with Gasteiger partial charge in [0.2, 0.25) is 11.2 Å². The van der Waals surface area contributed by atoms with Crippen molar-refractivity contribution in [1.29, 1.82) is 0 Å². The Morgan fingerprint density at radius 2 is 1.48 bits per heavy atom. The van der Waals surface area contributed by atoms with Crippen LogP contribution in [-0.4, -0.2) is 64.2 Å². The van der Waals surface area contributed by atoms with Crippen LogP contribution in [0.5, 0.6) is 11.5 Å². The summed E-state index contributed by atoms with van der Waals surface area (Å²) in [7, 11) is 0. The SMILES string of the molecule is O=c1cc(CN2CCCCC2)oc(CN2CCN(Cc3ccc(Cl)c(O)c3)CC2)c1O. The van der Waals surface area contributed by atoms with Crippen molar-refractivity contribution in [3.8, 4) is 11.5 Å². The van der Waals surface area contributed by atoms with Crippen LogP contribution in [0, 0.1) is 0 Å². The van der Waals surface area contributed by atoms with Crippen molar-refractivity contribution in [2.75, 3.05) is 39.3 Å². The first kappa shape index (κ1) is 22.1. The zero-order valence-corrected chi connectivity index (χ0v) is 18.5. The van der Waals surface area contributed by atoms with Gasteiger partial charge in [-0.05, 0) is 43.6 Å². The fraction of sp³-hybridized carbons (Fsp3) is 0.522. The Bertz CT molecular complexity index is 950. The van der Waals surface area contributed by atoms with E-state index in [4.69, 9.17) is 16.0 Å². The molecule has 168 valence electrons. The van der Waals surface area contributed by atoms with Crippen LogP contribution in [0.15, 0.2) is 33.5 Å². The van der Waals surface area contributed by atoms with E-state index in [0.29, 0.717) is 29.6 Å². The summed E-state index contributed by atoms with van der Waals surface area (Å²) in [6.45, 7) is 7.13. The lowest BCUT2D eigenvalue weighted by atomic mass is 10.1. The molecule has 2 aromatic rings. The van der Waals surface area contributed by atoms with Gasteiger partial charge in [-0.15, -0.1) is 0 Å². The lowest BCUT2D eigenvalue weighted by molar-refractivity contribution is 0.112. The van der Waals surface area contributed by atoms with Gasteiger partial charge in [0.05, 0.1) is 18.1 Å². The van der Waals surface area contributed by atoms with Crippen molar-refractivity contribution >= 4 is 11.6 Å². The van der Waals surface area contributed by atoms with Crippen molar-refractivity contribution in [3.05, 3.63) is 56.6 Å². The van der Waals surface area contributed by atoms with Gasteiger partial charge in [-0.3, -0.25) is 19.5 Å². The quantitative estimate of drug-likeness (QED) is 0.704. The molecule has 0 amide bonds. The fourth-order valence-electron chi connectivity index (χ4n) is 4.33. The second-order valence-corrected chi connectivity index (χ2v) is 8.93. The molecule has 4 rings (SSSR count). The van der Waals surface area contributed by atoms with Crippen LogP contribution in [-0.2, 0) is 19.6 Å². The normalized spacial score (nSPS) is 19.0. The molecule has 2 fully saturated rings. The largest absolute Gasteiger partial charge is 0.506 e. The molecular formula is C23H30ClN3O4. The highest BCUT2D eigenvalue weighted by molar-refractivity contribution is 6.32. The number of hydrogen-bond donors (Lipinski definition) is 2. The molecule has 31 heavy (non-hydrogen) atoms. The molecule has 0 bridgehead atoms. The highest BCUT2D eigenvalue weighted by Gasteiger charge is 2.21. The molecule has 2 aliphatic heterocycles. The Balaban J connectivity index is 1.34. The number of nitrogens with zero attached hydrogens (tertiary/aromatic N) is 3. The summed E-state index contributed by atoms with van der Waals surface area (Å²) in [4.78, 5) is 19.1. The number of rotatable bonds is 6. The number of phenols is 1. The van der Waals surface area contributed by atoms with Crippen molar-refractivity contribution in [1.82, 2.24) is 14.7 Å². The second-order valence-electron chi connectivity index (χ2n) is 8.52. The van der Waals surface area contributed by atoms with Gasteiger partial charge in [0.15, 0.2) is 5.76 Å². The maximum absolute atomic E-state index is 12.3. The summed E-state index contributed by atoms with van der Waals surface area (Å²) in [5.41, 5.74) is 0.652. The number of benzene rings is 1. The van der Waals surface area contributed by atoms with Gasteiger partial charge >= 0.3 is 0 Å². The van der Waals surface area contributed by atoms with Gasteiger partial charge in [0.25, 0.3) is 0 Å². The summed E-state index contributed by atoms with van der Waals surface area (Å²) >= 11 is 5.88. The lowest BCUT2D eigenvalue weighted by Crippen LogP contribution is -2.45. The number of hydrogen-bond acceptors (Lipinski definition) is 7. The van der Waals surface area contributed by atoms with E-state index < -0.39 is 0 Å². The van der Waals surface area contributed by atoms with Gasteiger partial charge in [-0.1, -0.05) is 24.1 Å². The Labute approximate surface area is 187 Å². The smallest absolute Gasteiger partial charge is 0.227 e. The van der Waals surface area contributed by atoms with E-state index in [-0.39, 0.29) is 16.9 Å². The van der Waals surface area contributed by atoms with Crippen LogP contribution >= 0.6 is 11.6 Å². The number of likely N-dealkylation sites (tertiary alicyclic amines) is 1. The summed E-state index contributed by atoms with van der Waals surface area (Å²) < 4.78 is 5.95. The van der Waals surface area contributed by atoms with E-state index in [2.05, 4.69) is 14.7 Å². The first-order chi connectivity index (χ1) is 15.0. The minimum absolute atomic E-state index is 0.104. The zero-order valence-electron chi connectivity index (χ0n) is 17.7. The van der Waals surface area contributed by atoms with E-state index in [9.17, 15) is 15.0 Å². The molecule has 3 heterocycles. The molecule has 1 aromatic carbocycles. The second kappa shape index (κ2) is 10.0. The predicted octanol–water partition coefficient (Wildman–Crippen LogP) is 3.01. The summed E-state index contributed by atoms with van der Waals surface area (Å²) in [5, 5.41) is 20.4. The molecular weight excluding hydrogens is 418 g/mol. The predicted molar refractivity (Wildman–Crippen MR) is 119 cm³/mol. The third kappa shape index (κ3) is 5.80. The summed E-state index contributed by atoms with van der Waals surface area (Å²) in [5.74, 6) is 0.811. The van der Waals surface area contributed by atoms with Gasteiger partial charge < -0.3 is 14.6 Å². The average Bonchev–Trinajstić information content (AvgIpc) is 2.76. The highest BCUT2D eigenvalue weighted by Crippen LogP contribution is 2.25. The minimum Gasteiger partial charge on any atom is -0.506 e. The van der Waals surface area contributed by atoms with Crippen LogP contribution < -0.4 is 5.43 Å². The number of piperidine rings is 1. The Morgan fingerprint density at radius 1 is 0.839 bits per heavy atom. The maximum atomic E-state index is 12.3. The van der Waals surface area contributed by atoms with Gasteiger partial charge in [0.1, 0.15) is 11.5 Å². The molecule has 0 spiro atoms. The molecule has 2 N–H and O–H groups in total. The Morgan fingerprint density at radius 3 is 2.16 bits per heavy atom. The Kier molecular flexibility index (Phi) is 7.17. The van der Waals surface area contributed by atoms with E-state index in [1.54, 1.807) is 12.1 Å². The zero-order chi connectivity index (χ0) is 21.8. The molecule has 0 atom stereocenters. The van der Waals surface area contributed by atoms with Crippen LogP contribution in [0.1, 0.15) is 36.3 Å². The molecule has 7 nitrogen and oxygen atoms in total. The first-order valence-corrected chi connectivity index (χ1v) is 11.3. The van der Waals surface area contributed by atoms with Gasteiger partial charge in [0, 0.05) is 38.8 Å². The third-order valence-electron chi connectivity index (χ3n) is 6.12. The fourth-order valence-corrected chi connectivity index (χ4v) is 4.45. The molecule has 2 saturated heterocycles. The lowest BCUT2D eigenvalue weighted by Gasteiger charge is -2.34. The molecule has 1 aromatic heterocycles. The van der Waals surface area contributed by atoms with Gasteiger partial charge in [-0.25, -0.2) is 0 Å². The third-order valence-corrected chi connectivity index (χ3v) is 6.44. The van der Waals surface area contributed by atoms with Crippen molar-refractivity contribution in [2.45, 2.75) is 38.9 Å². The molecule has 0 aliphatic carbocycles. The number of aromatic hydroxyl groups is 2. The number of piperazine rings is 1. The van der Waals surface area contributed by atoms with Gasteiger partial charge in [-0.2, -0.15) is 0 Å². The topological polar surface area (TPSA) is 80.4 Å². The summed E-state index contributed by atoms with van der Waals surface area (Å²) in [6.07, 6.45) is 3.61. The van der Waals surface area contributed by atoms with Crippen molar-refractivity contribution in [2.24, 2.45) is 0 Å². The molecule has 0 saturated carbocycles. The van der Waals surface area contributed by atoms with Crippen LogP contribution in [0.3, 0.4) is 0 Å². The van der Waals surface area contributed by atoms with Crippen molar-refractivity contribution < 1.29 is 14.6 Å². The van der Waals surface area contributed by atoms with Crippen molar-refractivity contribution in [3.63, 3.8) is 0 Å². The molecule has 0 unspecified atom stereocenters. The van der Waals surface area contributed by atoms with E-state index >= 15 is 0 Å². The highest BCUT2D eigenvalue weighted by atomic mass is 35.5. The molecule has 8 heteroatoms. The Hall–Kier alpha value is -2.06. The number of halogens is 1. The van der Waals surface area contributed by atoms with Crippen LogP contribution in [0.2, 0.25) is 5.02 Å². The van der Waals surface area contributed by atoms with E-state index in [0.717, 1.165) is 51.4 Å². The average molecular weight is 448 g/mol.